The van der Waals surface area contributed by atoms with Gasteiger partial charge in [0.1, 0.15) is 11.5 Å². The van der Waals surface area contributed by atoms with Crippen LogP contribution in [-0.2, 0) is 11.3 Å². The van der Waals surface area contributed by atoms with Crippen LogP contribution >= 0.6 is 23.2 Å². The zero-order valence-corrected chi connectivity index (χ0v) is 20.9. The SMILES string of the molecule is O=c1[nH]nc(-c2ccc(N3CCC(OCc4c(-c5c(Cl)cccc5Cl)noc4C4CC4)CC3)cc2)o1. The third kappa shape index (κ3) is 4.68. The maximum atomic E-state index is 11.2. The molecule has 0 bridgehead atoms. The molecular weight excluding hydrogens is 503 g/mol. The van der Waals surface area contributed by atoms with E-state index in [1.165, 1.54) is 0 Å². The van der Waals surface area contributed by atoms with Crippen molar-refractivity contribution in [1.82, 2.24) is 15.4 Å². The average molecular weight is 527 g/mol. The quantitative estimate of drug-likeness (QED) is 0.312. The van der Waals surface area contributed by atoms with Gasteiger partial charge in [-0.1, -0.05) is 34.4 Å². The number of H-pyrrole nitrogens is 1. The minimum Gasteiger partial charge on any atom is -0.388 e. The molecule has 2 aliphatic rings. The summed E-state index contributed by atoms with van der Waals surface area (Å²) in [6, 6.07) is 13.3. The molecule has 0 spiro atoms. The number of piperidine rings is 1. The normalized spacial score (nSPS) is 16.6. The number of halogens is 2. The fraction of sp³-hybridized carbons (Fsp3) is 0.346. The molecule has 10 heteroatoms. The van der Waals surface area contributed by atoms with Crippen LogP contribution in [0.5, 0.6) is 0 Å². The Bertz CT molecular complexity index is 1400. The highest BCUT2D eigenvalue weighted by Crippen LogP contribution is 2.46. The second-order valence-corrected chi connectivity index (χ2v) is 10.0. The van der Waals surface area contributed by atoms with E-state index in [0.29, 0.717) is 33.8 Å². The van der Waals surface area contributed by atoms with Crippen LogP contribution < -0.4 is 10.7 Å². The number of aromatic amines is 1. The van der Waals surface area contributed by atoms with Crippen LogP contribution in [0.25, 0.3) is 22.7 Å². The van der Waals surface area contributed by atoms with E-state index in [9.17, 15) is 4.79 Å². The van der Waals surface area contributed by atoms with Gasteiger partial charge in [0.25, 0.3) is 0 Å². The summed E-state index contributed by atoms with van der Waals surface area (Å²) in [5.41, 5.74) is 4.20. The van der Waals surface area contributed by atoms with Gasteiger partial charge in [0.05, 0.1) is 22.8 Å². The molecule has 3 heterocycles. The van der Waals surface area contributed by atoms with Gasteiger partial charge in [-0.3, -0.25) is 0 Å². The van der Waals surface area contributed by atoms with Crippen molar-refractivity contribution in [2.45, 2.75) is 44.3 Å². The number of aromatic nitrogens is 3. The number of hydrogen-bond acceptors (Lipinski definition) is 7. The van der Waals surface area contributed by atoms with Gasteiger partial charge in [0.15, 0.2) is 0 Å². The zero-order valence-electron chi connectivity index (χ0n) is 19.4. The summed E-state index contributed by atoms with van der Waals surface area (Å²) in [4.78, 5) is 13.5. The van der Waals surface area contributed by atoms with E-state index in [1.54, 1.807) is 0 Å². The molecule has 1 N–H and O–H groups in total. The molecule has 0 unspecified atom stereocenters. The molecular formula is C26H24Cl2N4O4. The van der Waals surface area contributed by atoms with Crippen molar-refractivity contribution in [2.24, 2.45) is 0 Å². The van der Waals surface area contributed by atoms with Crippen LogP contribution in [0.3, 0.4) is 0 Å². The van der Waals surface area contributed by atoms with E-state index in [0.717, 1.165) is 61.3 Å². The number of anilines is 1. The second-order valence-electron chi connectivity index (χ2n) is 9.21. The van der Waals surface area contributed by atoms with Crippen molar-refractivity contribution in [1.29, 1.82) is 0 Å². The Morgan fingerprint density at radius 1 is 1.03 bits per heavy atom. The van der Waals surface area contributed by atoms with Gasteiger partial charge in [0.2, 0.25) is 5.89 Å². The molecule has 186 valence electrons. The smallest absolute Gasteiger partial charge is 0.388 e. The minimum absolute atomic E-state index is 0.135. The maximum Gasteiger partial charge on any atom is 0.434 e. The first kappa shape index (κ1) is 23.3. The van der Waals surface area contributed by atoms with Crippen molar-refractivity contribution < 1.29 is 13.7 Å². The predicted octanol–water partition coefficient (Wildman–Crippen LogP) is 6.05. The third-order valence-corrected chi connectivity index (χ3v) is 7.42. The number of ether oxygens (including phenoxy) is 1. The summed E-state index contributed by atoms with van der Waals surface area (Å²) in [6.07, 6.45) is 4.14. The Morgan fingerprint density at radius 3 is 2.39 bits per heavy atom. The highest BCUT2D eigenvalue weighted by atomic mass is 35.5. The summed E-state index contributed by atoms with van der Waals surface area (Å²) < 4.78 is 17.2. The van der Waals surface area contributed by atoms with E-state index < -0.39 is 5.76 Å². The topological polar surface area (TPSA) is 97.4 Å². The number of nitrogens with one attached hydrogen (secondary N) is 1. The van der Waals surface area contributed by atoms with Gasteiger partial charge >= 0.3 is 5.76 Å². The fourth-order valence-corrected chi connectivity index (χ4v) is 5.27. The van der Waals surface area contributed by atoms with Crippen molar-refractivity contribution >= 4 is 28.9 Å². The van der Waals surface area contributed by atoms with Crippen LogP contribution in [0.4, 0.5) is 5.69 Å². The molecule has 1 aliphatic carbocycles. The van der Waals surface area contributed by atoms with E-state index in [4.69, 9.17) is 36.9 Å². The van der Waals surface area contributed by atoms with Crippen LogP contribution in [0.15, 0.2) is 56.2 Å². The number of nitrogens with zero attached hydrogens (tertiary/aromatic N) is 3. The van der Waals surface area contributed by atoms with Crippen molar-refractivity contribution in [3.05, 3.63) is 74.4 Å². The van der Waals surface area contributed by atoms with Gasteiger partial charge in [-0.2, -0.15) is 0 Å². The highest BCUT2D eigenvalue weighted by molar-refractivity contribution is 6.39. The number of rotatable bonds is 7. The minimum atomic E-state index is -0.561. The Kier molecular flexibility index (Phi) is 6.33. The molecule has 1 saturated heterocycles. The Morgan fingerprint density at radius 2 is 1.75 bits per heavy atom. The van der Waals surface area contributed by atoms with E-state index in [-0.39, 0.29) is 12.0 Å². The van der Waals surface area contributed by atoms with Crippen LogP contribution in [0, 0.1) is 0 Å². The van der Waals surface area contributed by atoms with E-state index >= 15 is 0 Å². The molecule has 0 radical (unpaired) electrons. The van der Waals surface area contributed by atoms with Gasteiger partial charge in [-0.25, -0.2) is 9.89 Å². The summed E-state index contributed by atoms with van der Waals surface area (Å²) in [7, 11) is 0. The predicted molar refractivity (Wildman–Crippen MR) is 137 cm³/mol. The second kappa shape index (κ2) is 9.76. The molecule has 8 nitrogen and oxygen atoms in total. The number of hydrogen-bond donors (Lipinski definition) is 1. The average Bonchev–Trinajstić information content (AvgIpc) is 3.51. The Labute approximate surface area is 217 Å². The van der Waals surface area contributed by atoms with Gasteiger partial charge in [-0.05, 0) is 62.1 Å². The first-order valence-corrected chi connectivity index (χ1v) is 12.8. The Hall–Kier alpha value is -3.07. The highest BCUT2D eigenvalue weighted by Gasteiger charge is 2.34. The molecule has 2 aromatic heterocycles. The molecule has 0 atom stereocenters. The monoisotopic (exact) mass is 526 g/mol. The fourth-order valence-electron chi connectivity index (χ4n) is 4.70. The van der Waals surface area contributed by atoms with Crippen LogP contribution in [0.1, 0.15) is 42.9 Å². The van der Waals surface area contributed by atoms with E-state index in [2.05, 4.69) is 20.3 Å². The molecule has 2 fully saturated rings. The lowest BCUT2D eigenvalue weighted by Gasteiger charge is -2.33. The van der Waals surface area contributed by atoms with Crippen molar-refractivity contribution in [2.75, 3.05) is 18.0 Å². The zero-order chi connectivity index (χ0) is 24.6. The maximum absolute atomic E-state index is 11.2. The lowest BCUT2D eigenvalue weighted by Crippen LogP contribution is -2.37. The third-order valence-electron chi connectivity index (χ3n) is 6.79. The van der Waals surface area contributed by atoms with Crippen LogP contribution in [-0.4, -0.2) is 34.5 Å². The lowest BCUT2D eigenvalue weighted by molar-refractivity contribution is 0.0246. The molecule has 0 amide bonds. The van der Waals surface area contributed by atoms with E-state index in [1.807, 2.05) is 42.5 Å². The molecule has 4 aromatic rings. The van der Waals surface area contributed by atoms with Gasteiger partial charge in [0, 0.05) is 41.4 Å². The molecule has 1 aliphatic heterocycles. The lowest BCUT2D eigenvalue weighted by atomic mass is 10.0. The first-order chi connectivity index (χ1) is 17.6. The largest absolute Gasteiger partial charge is 0.434 e. The molecule has 36 heavy (non-hydrogen) atoms. The summed E-state index contributed by atoms with van der Waals surface area (Å²) in [6.45, 7) is 2.17. The first-order valence-electron chi connectivity index (χ1n) is 12.0. The van der Waals surface area contributed by atoms with Crippen LogP contribution in [0.2, 0.25) is 10.0 Å². The molecule has 6 rings (SSSR count). The summed E-state index contributed by atoms with van der Waals surface area (Å²) >= 11 is 12.9. The number of benzene rings is 2. The Balaban J connectivity index is 1.11. The molecule has 1 saturated carbocycles. The molecule has 2 aromatic carbocycles. The summed E-state index contributed by atoms with van der Waals surface area (Å²) in [5, 5.41) is 11.6. The van der Waals surface area contributed by atoms with Gasteiger partial charge < -0.3 is 18.6 Å². The van der Waals surface area contributed by atoms with Crippen molar-refractivity contribution in [3.63, 3.8) is 0 Å². The standard InChI is InChI=1S/C26H24Cl2N4O4/c27-20-2-1-3-21(28)22(20)23-19(24(36-31-23)15-4-5-15)14-34-18-10-12-32(13-11-18)17-8-6-16(7-9-17)25-29-30-26(33)35-25/h1-3,6-9,15,18H,4-5,10-14H2,(H,30,33). The summed E-state index contributed by atoms with van der Waals surface area (Å²) in [5.74, 6) is 1.01. The van der Waals surface area contributed by atoms with Gasteiger partial charge in [-0.15, -0.1) is 5.10 Å². The van der Waals surface area contributed by atoms with Crippen molar-refractivity contribution in [3.8, 4) is 22.7 Å².